The van der Waals surface area contributed by atoms with Gasteiger partial charge in [0.15, 0.2) is 5.11 Å². The van der Waals surface area contributed by atoms with Crippen LogP contribution < -0.4 is 11.2 Å². The zero-order valence-electron chi connectivity index (χ0n) is 8.97. The molecule has 6 rings (SSSR count). The number of rotatable bonds is 1. The van der Waals surface area contributed by atoms with E-state index in [0.29, 0.717) is 5.11 Å². The average molecular weight is 233 g/mol. The summed E-state index contributed by atoms with van der Waals surface area (Å²) in [5, 5.41) is 4.85. The molecule has 0 saturated heterocycles. The van der Waals surface area contributed by atoms with E-state index < -0.39 is 0 Å². The van der Waals surface area contributed by atoms with E-state index in [1.54, 1.807) is 0 Å². The lowest BCUT2D eigenvalue weighted by molar-refractivity contribution is 0.132. The highest BCUT2D eigenvalue weighted by molar-refractivity contribution is 7.80. The van der Waals surface area contributed by atoms with Crippen LogP contribution in [0.2, 0.25) is 0 Å². The van der Waals surface area contributed by atoms with Gasteiger partial charge in [-0.05, 0) is 60.6 Å². The van der Waals surface area contributed by atoms with Crippen molar-refractivity contribution < 1.29 is 0 Å². The summed E-state index contributed by atoms with van der Waals surface area (Å²) in [7, 11) is 0. The van der Waals surface area contributed by atoms with Crippen LogP contribution >= 0.6 is 12.2 Å². The third kappa shape index (κ3) is 0.643. The minimum atomic E-state index is 0.311. The number of hydrogen-bond acceptors (Lipinski definition) is 2. The molecule has 6 bridgehead atoms. The first-order valence-electron chi connectivity index (χ1n) is 6.40. The van der Waals surface area contributed by atoms with Gasteiger partial charge >= 0.3 is 0 Å². The Morgan fingerprint density at radius 3 is 2.19 bits per heavy atom. The largest absolute Gasteiger partial charge is 0.375 e. The molecule has 3 nitrogen and oxygen atoms in total. The summed E-state index contributed by atoms with van der Waals surface area (Å²) in [5.41, 5.74) is 9.75. The highest BCUT2D eigenvalue weighted by Crippen LogP contribution is 2.81. The van der Waals surface area contributed by atoms with Crippen LogP contribution in [-0.2, 0) is 0 Å². The summed E-state index contributed by atoms with van der Waals surface area (Å²) < 4.78 is 0. The van der Waals surface area contributed by atoms with Gasteiger partial charge in [0, 0.05) is 17.5 Å². The second kappa shape index (κ2) is 2.30. The van der Waals surface area contributed by atoms with Gasteiger partial charge in [-0.1, -0.05) is 0 Å². The van der Waals surface area contributed by atoms with E-state index in [2.05, 4.69) is 10.5 Å². The smallest absolute Gasteiger partial charge is 0.184 e. The zero-order chi connectivity index (χ0) is 10.6. The van der Waals surface area contributed by atoms with Gasteiger partial charge in [-0.3, -0.25) is 5.43 Å². The SMILES string of the molecule is NC(=S)NN=C1C2C3CC4C5CC(C1C53)C42. The Labute approximate surface area is 99.8 Å². The maximum Gasteiger partial charge on any atom is 0.184 e. The van der Waals surface area contributed by atoms with Crippen molar-refractivity contribution >= 4 is 23.0 Å². The summed E-state index contributed by atoms with van der Waals surface area (Å²) in [6, 6.07) is 0. The Hall–Kier alpha value is -0.640. The Kier molecular flexibility index (Phi) is 1.22. The van der Waals surface area contributed by atoms with Crippen molar-refractivity contribution in [3.8, 4) is 0 Å². The third-order valence-corrected chi connectivity index (χ3v) is 6.44. The minimum absolute atomic E-state index is 0.311. The van der Waals surface area contributed by atoms with E-state index in [1.165, 1.54) is 18.6 Å². The predicted octanol–water partition coefficient (Wildman–Crippen LogP) is 0.953. The highest BCUT2D eigenvalue weighted by Gasteiger charge is 2.79. The maximum atomic E-state index is 5.47. The van der Waals surface area contributed by atoms with Gasteiger partial charge in [-0.2, -0.15) is 5.10 Å². The van der Waals surface area contributed by atoms with Crippen LogP contribution in [0.15, 0.2) is 5.10 Å². The van der Waals surface area contributed by atoms with E-state index >= 15 is 0 Å². The lowest BCUT2D eigenvalue weighted by Gasteiger charge is -2.32. The molecule has 16 heavy (non-hydrogen) atoms. The summed E-state index contributed by atoms with van der Waals surface area (Å²) in [6.45, 7) is 0. The Bertz CT molecular complexity index is 416. The van der Waals surface area contributed by atoms with Crippen molar-refractivity contribution in [3.63, 3.8) is 0 Å². The summed E-state index contributed by atoms with van der Waals surface area (Å²) in [6.07, 6.45) is 3.01. The van der Waals surface area contributed by atoms with Gasteiger partial charge in [0.1, 0.15) is 0 Å². The lowest BCUT2D eigenvalue weighted by atomic mass is 9.71. The lowest BCUT2D eigenvalue weighted by Crippen LogP contribution is -2.30. The predicted molar refractivity (Wildman–Crippen MR) is 64.5 cm³/mol. The number of thiocarbonyl (C=S) groups is 1. The molecule has 6 aliphatic carbocycles. The van der Waals surface area contributed by atoms with Crippen molar-refractivity contribution in [1.29, 1.82) is 0 Å². The van der Waals surface area contributed by atoms with Crippen molar-refractivity contribution in [2.45, 2.75) is 12.8 Å². The number of nitrogens with two attached hydrogens (primary N) is 1. The van der Waals surface area contributed by atoms with Gasteiger partial charge < -0.3 is 5.73 Å². The molecular formula is C12H15N3S. The fraction of sp³-hybridized carbons (Fsp3) is 0.833. The first kappa shape index (κ1) is 8.45. The fourth-order valence-electron chi connectivity index (χ4n) is 6.54. The van der Waals surface area contributed by atoms with Crippen molar-refractivity contribution in [2.75, 3.05) is 0 Å². The Morgan fingerprint density at radius 1 is 1.12 bits per heavy atom. The molecule has 8 atom stereocenters. The topological polar surface area (TPSA) is 50.4 Å². The molecule has 0 aromatic rings. The molecule has 4 heteroatoms. The highest BCUT2D eigenvalue weighted by atomic mass is 32.1. The molecule has 84 valence electrons. The average Bonchev–Trinajstić information content (AvgIpc) is 2.91. The van der Waals surface area contributed by atoms with Crippen molar-refractivity contribution in [3.05, 3.63) is 0 Å². The van der Waals surface area contributed by atoms with Crippen molar-refractivity contribution in [1.82, 2.24) is 5.43 Å². The minimum Gasteiger partial charge on any atom is -0.375 e. The number of hydrazone groups is 1. The fourth-order valence-corrected chi connectivity index (χ4v) is 6.59. The van der Waals surface area contributed by atoms with Crippen LogP contribution in [0, 0.1) is 47.3 Å². The van der Waals surface area contributed by atoms with Gasteiger partial charge in [-0.15, -0.1) is 0 Å². The van der Waals surface area contributed by atoms with Gasteiger partial charge in [0.2, 0.25) is 0 Å². The van der Waals surface area contributed by atoms with Crippen LogP contribution in [0.25, 0.3) is 0 Å². The molecule has 0 heterocycles. The molecule has 6 fully saturated rings. The van der Waals surface area contributed by atoms with Crippen LogP contribution in [-0.4, -0.2) is 10.8 Å². The molecule has 0 aromatic heterocycles. The van der Waals surface area contributed by atoms with Crippen LogP contribution in [0.3, 0.4) is 0 Å². The normalized spacial score (nSPS) is 61.6. The molecule has 8 unspecified atom stereocenters. The third-order valence-electron chi connectivity index (χ3n) is 6.35. The van der Waals surface area contributed by atoms with Crippen LogP contribution in [0.4, 0.5) is 0 Å². The summed E-state index contributed by atoms with van der Waals surface area (Å²) in [4.78, 5) is 0. The second-order valence-electron chi connectivity index (χ2n) is 6.35. The number of nitrogens with zero attached hydrogens (tertiary/aromatic N) is 1. The maximum absolute atomic E-state index is 5.47. The standard InChI is InChI=1S/C12H15N3S/c13-12(16)15-14-11-9-5-1-3-4-2-6(7(3)9)10(11)8(4)5/h3-10H,1-2H2,(H3,13,15,16). The van der Waals surface area contributed by atoms with Gasteiger partial charge in [0.05, 0.1) is 0 Å². The molecule has 0 spiro atoms. The molecule has 6 saturated carbocycles. The van der Waals surface area contributed by atoms with Crippen molar-refractivity contribution in [2.24, 2.45) is 58.2 Å². The Morgan fingerprint density at radius 2 is 1.69 bits per heavy atom. The van der Waals surface area contributed by atoms with Gasteiger partial charge in [-0.25, -0.2) is 0 Å². The summed E-state index contributed by atoms with van der Waals surface area (Å²) >= 11 is 4.84. The monoisotopic (exact) mass is 233 g/mol. The van der Waals surface area contributed by atoms with Crippen LogP contribution in [0.1, 0.15) is 12.8 Å². The first-order chi connectivity index (χ1) is 7.77. The zero-order valence-corrected chi connectivity index (χ0v) is 9.78. The number of nitrogens with one attached hydrogen (secondary N) is 1. The molecule has 3 N–H and O–H groups in total. The molecular weight excluding hydrogens is 218 g/mol. The molecule has 0 aliphatic heterocycles. The quantitative estimate of drug-likeness (QED) is 0.524. The second-order valence-corrected chi connectivity index (χ2v) is 6.79. The first-order valence-corrected chi connectivity index (χ1v) is 6.81. The van der Waals surface area contributed by atoms with E-state index in [-0.39, 0.29) is 0 Å². The summed E-state index contributed by atoms with van der Waals surface area (Å²) in [5.74, 6) is 7.72. The molecule has 0 radical (unpaired) electrons. The van der Waals surface area contributed by atoms with E-state index in [9.17, 15) is 0 Å². The van der Waals surface area contributed by atoms with Crippen LogP contribution in [0.5, 0.6) is 0 Å². The molecule has 0 aromatic carbocycles. The van der Waals surface area contributed by atoms with E-state index in [1.807, 2.05) is 0 Å². The molecule has 6 aliphatic rings. The Balaban J connectivity index is 1.61. The molecule has 0 amide bonds. The van der Waals surface area contributed by atoms with E-state index in [0.717, 1.165) is 47.3 Å². The number of hydrogen-bond donors (Lipinski definition) is 2. The van der Waals surface area contributed by atoms with E-state index in [4.69, 9.17) is 18.0 Å². The van der Waals surface area contributed by atoms with Gasteiger partial charge in [0.25, 0.3) is 0 Å².